The Balaban J connectivity index is 2.24. The van der Waals surface area contributed by atoms with Crippen LogP contribution in [0.25, 0.3) is 0 Å². The molecule has 0 aliphatic carbocycles. The molecule has 0 aromatic heterocycles. The first-order valence-corrected chi connectivity index (χ1v) is 11.2. The van der Waals surface area contributed by atoms with E-state index < -0.39 is 20.5 Å². The van der Waals surface area contributed by atoms with Gasteiger partial charge in [0.25, 0.3) is 5.69 Å². The second-order valence-corrected chi connectivity index (χ2v) is 10.4. The lowest BCUT2D eigenvalue weighted by Gasteiger charge is -2.31. The normalized spacial score (nSPS) is 17.1. The molecule has 0 saturated carbocycles. The van der Waals surface area contributed by atoms with Gasteiger partial charge in [0, 0.05) is 24.2 Å². The van der Waals surface area contributed by atoms with E-state index in [1.807, 2.05) is 0 Å². The highest BCUT2D eigenvalue weighted by Gasteiger charge is 2.27. The molecule has 8 nitrogen and oxygen atoms in total. The van der Waals surface area contributed by atoms with Crippen molar-refractivity contribution in [1.29, 1.82) is 0 Å². The van der Waals surface area contributed by atoms with Crippen LogP contribution in [-0.2, 0) is 10.0 Å². The molecule has 1 aromatic carbocycles. The summed E-state index contributed by atoms with van der Waals surface area (Å²) in [5, 5.41) is 14.7. The minimum atomic E-state index is -3.84. The summed E-state index contributed by atoms with van der Waals surface area (Å²) in [6.45, 7) is 12.1. The Morgan fingerprint density at radius 3 is 2.32 bits per heavy atom. The third kappa shape index (κ3) is 5.89. The van der Waals surface area contributed by atoms with Gasteiger partial charge in [-0.05, 0) is 64.8 Å². The molecule has 1 atom stereocenters. The van der Waals surface area contributed by atoms with Crippen LogP contribution in [0.2, 0.25) is 0 Å². The first kappa shape index (κ1) is 22.6. The Morgan fingerprint density at radius 2 is 1.82 bits per heavy atom. The molecular weight excluding hydrogens is 380 g/mol. The fourth-order valence-electron chi connectivity index (χ4n) is 3.52. The van der Waals surface area contributed by atoms with Gasteiger partial charge in [0.15, 0.2) is 0 Å². The molecule has 28 heavy (non-hydrogen) atoms. The lowest BCUT2D eigenvalue weighted by Crippen LogP contribution is -2.42. The summed E-state index contributed by atoms with van der Waals surface area (Å²) in [6.07, 6.45) is 2.35. The third-order valence-electron chi connectivity index (χ3n) is 4.80. The number of likely N-dealkylation sites (tertiary alicyclic amines) is 1. The lowest BCUT2D eigenvalue weighted by molar-refractivity contribution is -0.384. The maximum Gasteiger partial charge on any atom is 0.293 e. The van der Waals surface area contributed by atoms with Crippen molar-refractivity contribution in [1.82, 2.24) is 9.62 Å². The summed E-state index contributed by atoms with van der Waals surface area (Å²) >= 11 is 0. The van der Waals surface area contributed by atoms with Gasteiger partial charge in [0.2, 0.25) is 10.0 Å². The fraction of sp³-hybridized carbons (Fsp3) is 0.684. The fourth-order valence-corrected chi connectivity index (χ4v) is 4.95. The van der Waals surface area contributed by atoms with Crippen molar-refractivity contribution in [3.05, 3.63) is 28.3 Å². The molecule has 158 valence electrons. The predicted molar refractivity (Wildman–Crippen MR) is 111 cm³/mol. The first-order chi connectivity index (χ1) is 12.9. The smallest absolute Gasteiger partial charge is 0.293 e. The Bertz CT molecular complexity index is 797. The Kier molecular flexibility index (Phi) is 7.06. The maximum absolute atomic E-state index is 12.5. The molecule has 1 aliphatic heterocycles. The summed E-state index contributed by atoms with van der Waals surface area (Å²) in [5.41, 5.74) is -0.574. The van der Waals surface area contributed by atoms with Crippen LogP contribution in [0.1, 0.15) is 47.5 Å². The summed E-state index contributed by atoms with van der Waals surface area (Å²) in [6, 6.07) is 4.28. The molecule has 1 fully saturated rings. The van der Waals surface area contributed by atoms with E-state index in [1.54, 1.807) is 20.8 Å². The molecule has 1 heterocycles. The standard InChI is InChI=1S/C19H32N4O4S/c1-14(2)18(22-10-6-7-11-22)13-20-16-9-8-15(12-17(16)23(24)25)28(26,27)21-19(3,4)5/h8-9,12,14,18,20-21H,6-7,10-11,13H2,1-5H3. The molecule has 2 N–H and O–H groups in total. The van der Waals surface area contributed by atoms with Crippen LogP contribution < -0.4 is 10.0 Å². The number of nitro benzene ring substituents is 1. The van der Waals surface area contributed by atoms with Gasteiger partial charge in [0.1, 0.15) is 5.69 Å². The van der Waals surface area contributed by atoms with E-state index in [-0.39, 0.29) is 16.6 Å². The topological polar surface area (TPSA) is 105 Å². The van der Waals surface area contributed by atoms with Gasteiger partial charge in [-0.25, -0.2) is 13.1 Å². The third-order valence-corrected chi connectivity index (χ3v) is 6.55. The quantitative estimate of drug-likeness (QED) is 0.502. The van der Waals surface area contributed by atoms with Crippen molar-refractivity contribution in [2.45, 2.75) is 63.9 Å². The minimum absolute atomic E-state index is 0.111. The monoisotopic (exact) mass is 412 g/mol. The highest BCUT2D eigenvalue weighted by Crippen LogP contribution is 2.29. The number of benzene rings is 1. The highest BCUT2D eigenvalue weighted by atomic mass is 32.2. The van der Waals surface area contributed by atoms with Crippen molar-refractivity contribution >= 4 is 21.4 Å². The van der Waals surface area contributed by atoms with Gasteiger partial charge in [-0.2, -0.15) is 0 Å². The van der Waals surface area contributed by atoms with Crippen LogP contribution in [0, 0.1) is 16.0 Å². The molecule has 0 bridgehead atoms. The van der Waals surface area contributed by atoms with Crippen molar-refractivity contribution in [2.75, 3.05) is 25.0 Å². The molecule has 1 unspecified atom stereocenters. The molecule has 1 saturated heterocycles. The van der Waals surface area contributed by atoms with Gasteiger partial charge in [-0.15, -0.1) is 0 Å². The molecule has 0 spiro atoms. The summed E-state index contributed by atoms with van der Waals surface area (Å²) in [4.78, 5) is 13.3. The van der Waals surface area contributed by atoms with E-state index in [0.717, 1.165) is 19.2 Å². The van der Waals surface area contributed by atoms with Gasteiger partial charge in [0.05, 0.1) is 9.82 Å². The summed E-state index contributed by atoms with van der Waals surface area (Å²) in [5.74, 6) is 0.403. The van der Waals surface area contributed by atoms with Gasteiger partial charge in [-0.1, -0.05) is 13.8 Å². The van der Waals surface area contributed by atoms with Crippen LogP contribution in [0.4, 0.5) is 11.4 Å². The number of rotatable bonds is 8. The Morgan fingerprint density at radius 1 is 1.21 bits per heavy atom. The average molecular weight is 413 g/mol. The van der Waals surface area contributed by atoms with E-state index in [2.05, 4.69) is 28.8 Å². The maximum atomic E-state index is 12.5. The van der Waals surface area contributed by atoms with Gasteiger partial charge < -0.3 is 5.32 Å². The summed E-state index contributed by atoms with van der Waals surface area (Å²) < 4.78 is 27.5. The second kappa shape index (κ2) is 8.75. The number of hydrogen-bond donors (Lipinski definition) is 2. The minimum Gasteiger partial charge on any atom is -0.378 e. The zero-order chi connectivity index (χ0) is 21.1. The first-order valence-electron chi connectivity index (χ1n) is 9.71. The Hall–Kier alpha value is -1.71. The largest absolute Gasteiger partial charge is 0.378 e. The Labute approximate surface area is 167 Å². The molecule has 1 aliphatic rings. The lowest BCUT2D eigenvalue weighted by atomic mass is 10.0. The van der Waals surface area contributed by atoms with Crippen LogP contribution >= 0.6 is 0 Å². The average Bonchev–Trinajstić information content (AvgIpc) is 3.06. The van der Waals surface area contributed by atoms with Crippen molar-refractivity contribution in [2.24, 2.45) is 5.92 Å². The molecule has 2 rings (SSSR count). The van der Waals surface area contributed by atoms with E-state index in [9.17, 15) is 18.5 Å². The number of anilines is 1. The van der Waals surface area contributed by atoms with Crippen LogP contribution in [-0.4, -0.2) is 49.5 Å². The SMILES string of the molecule is CC(C)C(CNc1ccc(S(=O)(=O)NC(C)(C)C)cc1[N+](=O)[O-])N1CCCC1. The van der Waals surface area contributed by atoms with Crippen LogP contribution in [0.3, 0.4) is 0 Å². The predicted octanol–water partition coefficient (Wildman–Crippen LogP) is 3.20. The zero-order valence-electron chi connectivity index (χ0n) is 17.4. The number of hydrogen-bond acceptors (Lipinski definition) is 6. The van der Waals surface area contributed by atoms with Crippen LogP contribution in [0.15, 0.2) is 23.1 Å². The molecule has 0 amide bonds. The van der Waals surface area contributed by atoms with Crippen LogP contribution in [0.5, 0.6) is 0 Å². The van der Waals surface area contributed by atoms with E-state index in [4.69, 9.17) is 0 Å². The van der Waals surface area contributed by atoms with Crippen molar-refractivity contribution in [3.63, 3.8) is 0 Å². The van der Waals surface area contributed by atoms with Crippen molar-refractivity contribution < 1.29 is 13.3 Å². The van der Waals surface area contributed by atoms with E-state index in [1.165, 1.54) is 25.0 Å². The number of nitrogens with zero attached hydrogens (tertiary/aromatic N) is 2. The van der Waals surface area contributed by atoms with Crippen molar-refractivity contribution in [3.8, 4) is 0 Å². The second-order valence-electron chi connectivity index (χ2n) is 8.73. The molecule has 9 heteroatoms. The highest BCUT2D eigenvalue weighted by molar-refractivity contribution is 7.89. The van der Waals surface area contributed by atoms with Gasteiger partial charge in [-0.3, -0.25) is 15.0 Å². The van der Waals surface area contributed by atoms with E-state index >= 15 is 0 Å². The molecule has 1 aromatic rings. The molecule has 0 radical (unpaired) electrons. The number of nitrogens with one attached hydrogen (secondary N) is 2. The molecular formula is C19H32N4O4S. The summed E-state index contributed by atoms with van der Waals surface area (Å²) in [7, 11) is -3.84. The van der Waals surface area contributed by atoms with Gasteiger partial charge >= 0.3 is 0 Å². The zero-order valence-corrected chi connectivity index (χ0v) is 18.2. The number of nitro groups is 1. The number of sulfonamides is 1. The van der Waals surface area contributed by atoms with E-state index in [0.29, 0.717) is 18.2 Å².